The van der Waals surface area contributed by atoms with Crippen LogP contribution in [0.4, 0.5) is 5.69 Å². The van der Waals surface area contributed by atoms with E-state index in [-0.39, 0.29) is 10.8 Å². The maximum Gasteiger partial charge on any atom is 0.261 e. The van der Waals surface area contributed by atoms with Crippen LogP contribution in [0.15, 0.2) is 78.0 Å². The number of unbranched alkanes of at least 4 members (excludes halogenated alkanes) is 1. The lowest BCUT2D eigenvalue weighted by atomic mass is 10.1. The maximum absolute atomic E-state index is 13.1. The molecule has 4 rings (SSSR count). The Hall–Kier alpha value is -3.23. The molecule has 1 aromatic heterocycles. The molecule has 2 heterocycles. The molecule has 1 N–H and O–H groups in total. The highest BCUT2D eigenvalue weighted by molar-refractivity contribution is 7.92. The fraction of sp³-hybridized carbons (Fsp3) is 0.333. The van der Waals surface area contributed by atoms with Crippen molar-refractivity contribution in [2.45, 2.75) is 37.6 Å². The summed E-state index contributed by atoms with van der Waals surface area (Å²) in [6.45, 7) is 5.70. The molecule has 2 aromatic carbocycles. The first-order valence-corrected chi connectivity index (χ1v) is 13.6. The van der Waals surface area contributed by atoms with Crippen LogP contribution in [0.25, 0.3) is 0 Å². The van der Waals surface area contributed by atoms with Crippen molar-refractivity contribution in [2.24, 2.45) is 0 Å². The molecule has 0 saturated carbocycles. The van der Waals surface area contributed by atoms with Crippen molar-refractivity contribution in [3.05, 3.63) is 89.7 Å². The zero-order valence-corrected chi connectivity index (χ0v) is 20.9. The van der Waals surface area contributed by atoms with Crippen molar-refractivity contribution < 1.29 is 13.2 Å². The van der Waals surface area contributed by atoms with E-state index in [2.05, 4.69) is 21.5 Å². The highest BCUT2D eigenvalue weighted by Gasteiger charge is 2.24. The summed E-state index contributed by atoms with van der Waals surface area (Å²) in [5.74, 6) is -0.147. The van der Waals surface area contributed by atoms with Gasteiger partial charge in [-0.3, -0.25) is 19.4 Å². The molecule has 0 bridgehead atoms. The quantitative estimate of drug-likeness (QED) is 0.485. The monoisotopic (exact) mass is 492 g/mol. The summed E-state index contributed by atoms with van der Waals surface area (Å²) in [5.41, 5.74) is 3.27. The van der Waals surface area contributed by atoms with E-state index >= 15 is 0 Å². The number of pyridine rings is 1. The Kier molecular flexibility index (Phi) is 8.15. The fourth-order valence-corrected chi connectivity index (χ4v) is 5.27. The molecule has 184 valence electrons. The molecule has 1 fully saturated rings. The van der Waals surface area contributed by atoms with Gasteiger partial charge in [-0.25, -0.2) is 8.42 Å². The van der Waals surface area contributed by atoms with Gasteiger partial charge in [0.15, 0.2) is 0 Å². The standard InChI is InChI=1S/C27H32N4O3S/c1-2-3-5-22-8-10-25(11-9-22)29-35(33,34)26-7-4-6-24(20-26)27(32)31-18-16-30(17-19-31)21-23-12-14-28-15-13-23/h4,6-15,20,29H,2-3,5,16-19,21H2,1H3. The van der Waals surface area contributed by atoms with Crippen LogP contribution < -0.4 is 4.72 Å². The van der Waals surface area contributed by atoms with E-state index in [9.17, 15) is 13.2 Å². The maximum atomic E-state index is 13.1. The zero-order valence-electron chi connectivity index (χ0n) is 20.1. The van der Waals surface area contributed by atoms with Crippen LogP contribution in [0.3, 0.4) is 0 Å². The first-order chi connectivity index (χ1) is 16.9. The summed E-state index contributed by atoms with van der Waals surface area (Å²) >= 11 is 0. The molecule has 3 aromatic rings. The largest absolute Gasteiger partial charge is 0.336 e. The first kappa shape index (κ1) is 24.9. The third-order valence-electron chi connectivity index (χ3n) is 6.23. The molecule has 0 atom stereocenters. The predicted octanol–water partition coefficient (Wildman–Crippen LogP) is 4.18. The molecule has 0 aliphatic carbocycles. The minimum absolute atomic E-state index is 0.0785. The van der Waals surface area contributed by atoms with Crippen molar-refractivity contribution in [1.82, 2.24) is 14.8 Å². The number of amides is 1. The molecule has 0 unspecified atom stereocenters. The van der Waals surface area contributed by atoms with Crippen molar-refractivity contribution in [2.75, 3.05) is 30.9 Å². The van der Waals surface area contributed by atoms with Gasteiger partial charge >= 0.3 is 0 Å². The van der Waals surface area contributed by atoms with Crippen LogP contribution in [0.2, 0.25) is 0 Å². The number of aromatic nitrogens is 1. The molecule has 1 amide bonds. The molecule has 0 radical (unpaired) electrons. The lowest BCUT2D eigenvalue weighted by Gasteiger charge is -2.34. The minimum atomic E-state index is -3.81. The molecular formula is C27H32N4O3S. The van der Waals surface area contributed by atoms with Crippen LogP contribution in [0.5, 0.6) is 0 Å². The van der Waals surface area contributed by atoms with Crippen LogP contribution in [0, 0.1) is 0 Å². The van der Waals surface area contributed by atoms with Gasteiger partial charge in [-0.05, 0) is 66.4 Å². The number of nitrogens with zero attached hydrogens (tertiary/aromatic N) is 3. The first-order valence-electron chi connectivity index (χ1n) is 12.1. The molecule has 1 aliphatic rings. The number of carbonyl (C=O) groups is 1. The molecule has 1 saturated heterocycles. The fourth-order valence-electron chi connectivity index (χ4n) is 4.17. The van der Waals surface area contributed by atoms with Gasteiger partial charge in [0.1, 0.15) is 0 Å². The average Bonchev–Trinajstić information content (AvgIpc) is 2.89. The number of hydrogen-bond acceptors (Lipinski definition) is 5. The topological polar surface area (TPSA) is 82.6 Å². The van der Waals surface area contributed by atoms with Gasteiger partial charge in [0.25, 0.3) is 15.9 Å². The number of aryl methyl sites for hydroxylation is 1. The van der Waals surface area contributed by atoms with E-state index < -0.39 is 10.0 Å². The minimum Gasteiger partial charge on any atom is -0.336 e. The number of anilines is 1. The Bertz CT molecular complexity index is 1220. The molecule has 7 nitrogen and oxygen atoms in total. The molecule has 1 aliphatic heterocycles. The number of hydrogen-bond donors (Lipinski definition) is 1. The number of piperazine rings is 1. The predicted molar refractivity (Wildman–Crippen MR) is 138 cm³/mol. The smallest absolute Gasteiger partial charge is 0.261 e. The van der Waals surface area contributed by atoms with Gasteiger partial charge in [-0.15, -0.1) is 0 Å². The van der Waals surface area contributed by atoms with E-state index in [0.29, 0.717) is 24.3 Å². The van der Waals surface area contributed by atoms with Gasteiger partial charge in [0.2, 0.25) is 0 Å². The van der Waals surface area contributed by atoms with Gasteiger partial charge in [-0.2, -0.15) is 0 Å². The highest BCUT2D eigenvalue weighted by Crippen LogP contribution is 2.20. The normalized spacial score (nSPS) is 14.6. The van der Waals surface area contributed by atoms with E-state index in [1.54, 1.807) is 41.6 Å². The summed E-state index contributed by atoms with van der Waals surface area (Å²) in [7, 11) is -3.81. The van der Waals surface area contributed by atoms with Crippen LogP contribution in [-0.4, -0.2) is 55.3 Å². The number of carbonyl (C=O) groups excluding carboxylic acids is 1. The summed E-state index contributed by atoms with van der Waals surface area (Å²) in [4.78, 5) is 21.3. The van der Waals surface area contributed by atoms with Gasteiger partial charge in [-0.1, -0.05) is 31.5 Å². The van der Waals surface area contributed by atoms with Crippen molar-refractivity contribution in [3.63, 3.8) is 0 Å². The van der Waals surface area contributed by atoms with E-state index in [4.69, 9.17) is 0 Å². The lowest BCUT2D eigenvalue weighted by molar-refractivity contribution is 0.0628. The van der Waals surface area contributed by atoms with E-state index in [0.717, 1.165) is 38.9 Å². The van der Waals surface area contributed by atoms with E-state index in [1.165, 1.54) is 23.3 Å². The molecule has 0 spiro atoms. The third-order valence-corrected chi connectivity index (χ3v) is 7.61. The SMILES string of the molecule is CCCCc1ccc(NS(=O)(=O)c2cccc(C(=O)N3CCN(Cc4ccncc4)CC3)c2)cc1. The summed E-state index contributed by atoms with van der Waals surface area (Å²) in [6, 6.07) is 17.7. The highest BCUT2D eigenvalue weighted by atomic mass is 32.2. The Balaban J connectivity index is 1.37. The van der Waals surface area contributed by atoms with Crippen LogP contribution in [0.1, 0.15) is 41.3 Å². The zero-order chi connectivity index (χ0) is 24.7. The number of sulfonamides is 1. The van der Waals surface area contributed by atoms with Crippen molar-refractivity contribution in [3.8, 4) is 0 Å². The second kappa shape index (κ2) is 11.5. The molecule has 8 heteroatoms. The number of rotatable bonds is 9. The number of benzene rings is 2. The summed E-state index contributed by atoms with van der Waals surface area (Å²) in [6.07, 6.45) is 6.77. The average molecular weight is 493 g/mol. The third kappa shape index (κ3) is 6.68. The van der Waals surface area contributed by atoms with Crippen LogP contribution >= 0.6 is 0 Å². The lowest BCUT2D eigenvalue weighted by Crippen LogP contribution is -2.48. The Morgan fingerprint density at radius 1 is 0.943 bits per heavy atom. The van der Waals surface area contributed by atoms with Gasteiger partial charge < -0.3 is 4.90 Å². The Labute approximate surface area is 207 Å². The van der Waals surface area contributed by atoms with Crippen molar-refractivity contribution >= 4 is 21.6 Å². The van der Waals surface area contributed by atoms with E-state index in [1.807, 2.05) is 24.3 Å². The molecular weight excluding hydrogens is 460 g/mol. The van der Waals surface area contributed by atoms with Gasteiger partial charge in [0.05, 0.1) is 4.90 Å². The van der Waals surface area contributed by atoms with Crippen molar-refractivity contribution in [1.29, 1.82) is 0 Å². The summed E-state index contributed by atoms with van der Waals surface area (Å²) in [5, 5.41) is 0. The summed E-state index contributed by atoms with van der Waals surface area (Å²) < 4.78 is 28.6. The second-order valence-electron chi connectivity index (χ2n) is 8.86. The second-order valence-corrected chi connectivity index (χ2v) is 10.5. The Morgan fingerprint density at radius 2 is 1.66 bits per heavy atom. The molecule has 35 heavy (non-hydrogen) atoms. The van der Waals surface area contributed by atoms with Gasteiger partial charge in [0, 0.05) is 56.4 Å². The number of nitrogens with one attached hydrogen (secondary N) is 1. The van der Waals surface area contributed by atoms with Crippen LogP contribution in [-0.2, 0) is 23.0 Å². The Morgan fingerprint density at radius 3 is 2.34 bits per heavy atom.